The number of carbonyl (C=O) groups excluding carboxylic acids is 1. The van der Waals surface area contributed by atoms with Gasteiger partial charge in [-0.25, -0.2) is 4.79 Å². The molecule has 1 N–H and O–H groups in total. The van der Waals surface area contributed by atoms with Crippen LogP contribution in [0.2, 0.25) is 0 Å². The molecule has 6 nitrogen and oxygen atoms in total. The molecule has 0 bridgehead atoms. The Morgan fingerprint density at radius 1 is 1.33 bits per heavy atom. The van der Waals surface area contributed by atoms with Gasteiger partial charge in [-0.2, -0.15) is 0 Å². The molecule has 1 unspecified atom stereocenters. The summed E-state index contributed by atoms with van der Waals surface area (Å²) in [5.74, 6) is -1.28. The summed E-state index contributed by atoms with van der Waals surface area (Å²) in [6.07, 6.45) is 0. The first-order valence-corrected chi connectivity index (χ1v) is 6.02. The summed E-state index contributed by atoms with van der Waals surface area (Å²) >= 11 is 0. The zero-order valence-electron chi connectivity index (χ0n) is 9.72. The molecule has 2 rings (SSSR count). The molecule has 0 aromatic heterocycles. The third-order valence-corrected chi connectivity index (χ3v) is 2.84. The Balaban J connectivity index is 2.39. The molecule has 18 heavy (non-hydrogen) atoms. The van der Waals surface area contributed by atoms with Crippen LogP contribution in [0, 0.1) is 5.92 Å². The summed E-state index contributed by atoms with van der Waals surface area (Å²) in [4.78, 5) is 22.5. The van der Waals surface area contributed by atoms with Crippen molar-refractivity contribution < 1.29 is 28.5 Å². The Hall–Kier alpha value is -1.81. The number of hydrogen-bond acceptors (Lipinski definition) is 5. The van der Waals surface area contributed by atoms with Crippen LogP contribution in [-0.2, 0) is 4.79 Å². The zero-order chi connectivity index (χ0) is 13.3. The molecular weight excluding hydrogens is 259 g/mol. The van der Waals surface area contributed by atoms with Crippen molar-refractivity contribution >= 4 is 21.0 Å². The minimum Gasteiger partial charge on any atom is -0.478 e. The lowest BCUT2D eigenvalue weighted by molar-refractivity contribution is -0.137. The van der Waals surface area contributed by atoms with Crippen LogP contribution in [0.15, 0.2) is 12.1 Å². The van der Waals surface area contributed by atoms with E-state index in [1.165, 1.54) is 12.1 Å². The van der Waals surface area contributed by atoms with Crippen LogP contribution >= 0.6 is 9.03 Å². The molecule has 7 heteroatoms. The Bertz CT molecular complexity index is 511. The predicted molar refractivity (Wildman–Crippen MR) is 63.4 cm³/mol. The van der Waals surface area contributed by atoms with Gasteiger partial charge >= 0.3 is 11.9 Å². The molecule has 0 fully saturated rings. The van der Waals surface area contributed by atoms with Crippen molar-refractivity contribution in [3.63, 3.8) is 0 Å². The van der Waals surface area contributed by atoms with E-state index >= 15 is 0 Å². The van der Waals surface area contributed by atoms with Gasteiger partial charge in [0.25, 0.3) is 9.03 Å². The number of benzene rings is 1. The molecule has 0 saturated carbocycles. The average molecular weight is 270 g/mol. The number of carboxylic acids is 1. The first-order chi connectivity index (χ1) is 8.49. The van der Waals surface area contributed by atoms with Crippen molar-refractivity contribution in [2.45, 2.75) is 13.8 Å². The molecule has 0 amide bonds. The summed E-state index contributed by atoms with van der Waals surface area (Å²) < 4.78 is 15.4. The summed E-state index contributed by atoms with van der Waals surface area (Å²) in [5, 5.41) is 8.95. The number of fused-ring (bicyclic) bond motifs is 1. The van der Waals surface area contributed by atoms with E-state index in [9.17, 15) is 9.59 Å². The molecule has 0 aliphatic carbocycles. The second kappa shape index (κ2) is 4.82. The monoisotopic (exact) mass is 270 g/mol. The third kappa shape index (κ3) is 2.38. The molecule has 96 valence electrons. The molecule has 0 spiro atoms. The maximum atomic E-state index is 11.5. The van der Waals surface area contributed by atoms with Gasteiger partial charge in [0.1, 0.15) is 0 Å². The Kier molecular flexibility index (Phi) is 3.39. The molecular formula is C11H11O6P. The summed E-state index contributed by atoms with van der Waals surface area (Å²) in [7, 11) is -0.260. The molecule has 1 aliphatic heterocycles. The minimum atomic E-state index is -1.13. The van der Waals surface area contributed by atoms with Gasteiger partial charge in [0.15, 0.2) is 11.5 Å². The largest absolute Gasteiger partial charge is 0.478 e. The van der Waals surface area contributed by atoms with Crippen LogP contribution in [0.1, 0.15) is 24.2 Å². The smallest absolute Gasteiger partial charge is 0.335 e. The zero-order valence-corrected chi connectivity index (χ0v) is 10.7. The molecule has 0 saturated heterocycles. The maximum absolute atomic E-state index is 11.5. The summed E-state index contributed by atoms with van der Waals surface area (Å²) in [6.45, 7) is 3.37. The number of esters is 1. The predicted octanol–water partition coefficient (Wildman–Crippen LogP) is 2.23. The van der Waals surface area contributed by atoms with Gasteiger partial charge in [-0.05, 0) is 12.1 Å². The van der Waals surface area contributed by atoms with E-state index in [2.05, 4.69) is 0 Å². The standard InChI is InChI=1S/C11H11O6P/c1-5(2)11(14)15-7-3-6(10(12)13)4-8-9(7)17-18-16-8/h3-5,18H,1-2H3,(H,12,13). The second-order valence-electron chi connectivity index (χ2n) is 3.97. The highest BCUT2D eigenvalue weighted by Crippen LogP contribution is 2.48. The highest BCUT2D eigenvalue weighted by Gasteiger charge is 2.25. The number of ether oxygens (including phenoxy) is 1. The Morgan fingerprint density at radius 2 is 2.06 bits per heavy atom. The fourth-order valence-corrected chi connectivity index (χ4v) is 1.85. The van der Waals surface area contributed by atoms with Crippen molar-refractivity contribution in [1.82, 2.24) is 0 Å². The minimum absolute atomic E-state index is 0.0180. The number of aromatic carboxylic acids is 1. The van der Waals surface area contributed by atoms with Gasteiger partial charge < -0.3 is 18.9 Å². The van der Waals surface area contributed by atoms with E-state index in [0.717, 1.165) is 0 Å². The molecule has 1 atom stereocenters. The lowest BCUT2D eigenvalue weighted by atomic mass is 10.2. The number of carboxylic acid groups (broad SMARTS) is 1. The lowest BCUT2D eigenvalue weighted by Gasteiger charge is -2.09. The van der Waals surface area contributed by atoms with Crippen LogP contribution in [0.5, 0.6) is 17.2 Å². The number of rotatable bonds is 3. The maximum Gasteiger partial charge on any atom is 0.335 e. The third-order valence-electron chi connectivity index (χ3n) is 2.25. The Labute approximate surface area is 105 Å². The van der Waals surface area contributed by atoms with E-state index in [4.69, 9.17) is 18.9 Å². The second-order valence-corrected chi connectivity index (χ2v) is 4.54. The Morgan fingerprint density at radius 3 is 2.67 bits per heavy atom. The fourth-order valence-electron chi connectivity index (χ4n) is 1.29. The van der Waals surface area contributed by atoms with E-state index in [1.807, 2.05) is 0 Å². The van der Waals surface area contributed by atoms with Gasteiger partial charge in [-0.3, -0.25) is 4.79 Å². The van der Waals surface area contributed by atoms with E-state index in [-0.39, 0.29) is 37.8 Å². The van der Waals surface area contributed by atoms with Crippen molar-refractivity contribution in [2.75, 3.05) is 0 Å². The van der Waals surface area contributed by atoms with Crippen molar-refractivity contribution in [2.24, 2.45) is 5.92 Å². The van der Waals surface area contributed by atoms with Crippen LogP contribution in [-0.4, -0.2) is 17.0 Å². The lowest BCUT2D eigenvalue weighted by Crippen LogP contribution is -2.15. The van der Waals surface area contributed by atoms with Crippen molar-refractivity contribution in [3.8, 4) is 17.2 Å². The summed E-state index contributed by atoms with van der Waals surface area (Å²) in [5.41, 5.74) is -0.0180. The highest BCUT2D eigenvalue weighted by atomic mass is 31.1. The van der Waals surface area contributed by atoms with Crippen LogP contribution in [0.3, 0.4) is 0 Å². The van der Waals surface area contributed by atoms with Crippen molar-refractivity contribution in [1.29, 1.82) is 0 Å². The van der Waals surface area contributed by atoms with Gasteiger partial charge in [0.05, 0.1) is 11.5 Å². The molecule has 1 aliphatic rings. The first kappa shape index (κ1) is 12.6. The normalized spacial score (nSPS) is 13.9. The topological polar surface area (TPSA) is 82.1 Å². The van der Waals surface area contributed by atoms with Crippen LogP contribution < -0.4 is 13.8 Å². The van der Waals surface area contributed by atoms with Gasteiger partial charge in [0, 0.05) is 0 Å². The first-order valence-electron chi connectivity index (χ1n) is 5.20. The molecule has 1 aromatic carbocycles. The van der Waals surface area contributed by atoms with E-state index in [0.29, 0.717) is 0 Å². The van der Waals surface area contributed by atoms with Gasteiger partial charge in [-0.15, -0.1) is 0 Å². The van der Waals surface area contributed by atoms with Crippen LogP contribution in [0.4, 0.5) is 0 Å². The quantitative estimate of drug-likeness (QED) is 0.515. The molecule has 1 aromatic rings. The number of hydrogen-bond donors (Lipinski definition) is 1. The average Bonchev–Trinajstić information content (AvgIpc) is 2.76. The van der Waals surface area contributed by atoms with Gasteiger partial charge in [0.2, 0.25) is 5.75 Å². The van der Waals surface area contributed by atoms with E-state index < -0.39 is 11.9 Å². The number of carbonyl (C=O) groups is 2. The highest BCUT2D eigenvalue weighted by molar-refractivity contribution is 7.27. The molecule has 1 heterocycles. The van der Waals surface area contributed by atoms with Crippen LogP contribution in [0.25, 0.3) is 0 Å². The summed E-state index contributed by atoms with van der Waals surface area (Å²) in [6, 6.07) is 2.59. The fraction of sp³-hybridized carbons (Fsp3) is 0.273. The van der Waals surface area contributed by atoms with Gasteiger partial charge in [-0.1, -0.05) is 13.8 Å². The van der Waals surface area contributed by atoms with Crippen molar-refractivity contribution in [3.05, 3.63) is 17.7 Å². The van der Waals surface area contributed by atoms with E-state index in [1.54, 1.807) is 13.8 Å². The molecule has 0 radical (unpaired) electrons. The SMILES string of the molecule is CC(C)C(=O)Oc1cc(C(=O)O)cc2c1OPO2.